The molecule has 2 rings (SSSR count). The van der Waals surface area contributed by atoms with Crippen molar-refractivity contribution in [3.8, 4) is 11.6 Å². The highest BCUT2D eigenvalue weighted by Gasteiger charge is 2.17. The molecule has 0 aliphatic heterocycles. The molecule has 1 aromatic heterocycles. The van der Waals surface area contributed by atoms with E-state index in [-0.39, 0.29) is 5.92 Å². The Bertz CT molecular complexity index is 558. The summed E-state index contributed by atoms with van der Waals surface area (Å²) in [4.78, 5) is 0. The lowest BCUT2D eigenvalue weighted by atomic mass is 10.1. The molecule has 0 atom stereocenters. The fourth-order valence-corrected chi connectivity index (χ4v) is 1.88. The van der Waals surface area contributed by atoms with E-state index in [9.17, 15) is 0 Å². The molecule has 1 aromatic carbocycles. The quantitative estimate of drug-likeness (QED) is 0.903. The lowest BCUT2D eigenvalue weighted by Crippen LogP contribution is -1.97. The van der Waals surface area contributed by atoms with Crippen molar-refractivity contribution in [1.29, 1.82) is 0 Å². The maximum Gasteiger partial charge on any atom is 0.241 e. The van der Waals surface area contributed by atoms with E-state index in [1.807, 2.05) is 38.2 Å². The fourth-order valence-electron chi connectivity index (χ4n) is 1.88. The number of benzene rings is 1. The minimum Gasteiger partial charge on any atom is -0.437 e. The molecule has 0 saturated carbocycles. The molecule has 0 unspecified atom stereocenters. The SMILES string of the molecule is Cc1cccc(Oc2c(N)c(C(C)C)nn2C)c1. The standard InChI is InChI=1S/C14H19N3O/c1-9(2)13-12(15)14(17(4)16-13)18-11-7-5-6-10(3)8-11/h5-9H,15H2,1-4H3. The third kappa shape index (κ3) is 2.32. The molecule has 4 heteroatoms. The molecular weight excluding hydrogens is 226 g/mol. The number of ether oxygens (including phenoxy) is 1. The predicted molar refractivity (Wildman–Crippen MR) is 73.0 cm³/mol. The molecule has 0 bridgehead atoms. The minimum atomic E-state index is 0.283. The summed E-state index contributed by atoms with van der Waals surface area (Å²) in [5, 5.41) is 4.39. The number of nitrogens with two attached hydrogens (primary N) is 1. The molecule has 0 aliphatic rings. The summed E-state index contributed by atoms with van der Waals surface area (Å²) in [7, 11) is 1.84. The second-order valence-electron chi connectivity index (χ2n) is 4.80. The van der Waals surface area contributed by atoms with E-state index in [0.29, 0.717) is 11.6 Å². The van der Waals surface area contributed by atoms with Crippen LogP contribution in [0.15, 0.2) is 24.3 Å². The van der Waals surface area contributed by atoms with E-state index in [0.717, 1.165) is 17.0 Å². The Morgan fingerprint density at radius 3 is 2.61 bits per heavy atom. The molecule has 2 aromatic rings. The van der Waals surface area contributed by atoms with Gasteiger partial charge in [0.25, 0.3) is 0 Å². The van der Waals surface area contributed by atoms with Crippen LogP contribution in [0.25, 0.3) is 0 Å². The highest BCUT2D eigenvalue weighted by Crippen LogP contribution is 2.33. The van der Waals surface area contributed by atoms with E-state index in [4.69, 9.17) is 10.5 Å². The number of aromatic nitrogens is 2. The van der Waals surface area contributed by atoms with Crippen molar-refractivity contribution < 1.29 is 4.74 Å². The molecule has 0 fully saturated rings. The fraction of sp³-hybridized carbons (Fsp3) is 0.357. The van der Waals surface area contributed by atoms with Gasteiger partial charge in [-0.1, -0.05) is 26.0 Å². The Morgan fingerprint density at radius 1 is 1.33 bits per heavy atom. The monoisotopic (exact) mass is 245 g/mol. The highest BCUT2D eigenvalue weighted by molar-refractivity contribution is 5.55. The van der Waals surface area contributed by atoms with E-state index < -0.39 is 0 Å². The number of nitrogen functional groups attached to an aromatic ring is 1. The summed E-state index contributed by atoms with van der Waals surface area (Å²) in [5.41, 5.74) is 8.73. The molecule has 0 saturated heterocycles. The topological polar surface area (TPSA) is 53.1 Å². The van der Waals surface area contributed by atoms with Crippen LogP contribution < -0.4 is 10.5 Å². The Kier molecular flexibility index (Phi) is 3.28. The summed E-state index contributed by atoms with van der Waals surface area (Å²) >= 11 is 0. The molecule has 0 aliphatic carbocycles. The van der Waals surface area contributed by atoms with Gasteiger partial charge in [-0.3, -0.25) is 0 Å². The summed E-state index contributed by atoms with van der Waals surface area (Å²) in [5.74, 6) is 1.66. The van der Waals surface area contributed by atoms with Gasteiger partial charge < -0.3 is 10.5 Å². The van der Waals surface area contributed by atoms with Gasteiger partial charge in [-0.05, 0) is 30.5 Å². The number of hydrogen-bond acceptors (Lipinski definition) is 3. The minimum absolute atomic E-state index is 0.283. The summed E-state index contributed by atoms with van der Waals surface area (Å²) < 4.78 is 7.51. The van der Waals surface area contributed by atoms with Crippen molar-refractivity contribution in [3.05, 3.63) is 35.5 Å². The van der Waals surface area contributed by atoms with Crippen molar-refractivity contribution in [3.63, 3.8) is 0 Å². The lowest BCUT2D eigenvalue weighted by Gasteiger charge is -2.07. The molecule has 2 N–H and O–H groups in total. The van der Waals surface area contributed by atoms with Crippen LogP contribution in [0.4, 0.5) is 5.69 Å². The van der Waals surface area contributed by atoms with Crippen molar-refractivity contribution in [1.82, 2.24) is 9.78 Å². The summed E-state index contributed by atoms with van der Waals surface area (Å²) in [6.07, 6.45) is 0. The van der Waals surface area contributed by atoms with Crippen molar-refractivity contribution in [2.75, 3.05) is 5.73 Å². The number of anilines is 1. The number of aryl methyl sites for hydroxylation is 2. The van der Waals surface area contributed by atoms with Gasteiger partial charge in [-0.15, -0.1) is 0 Å². The van der Waals surface area contributed by atoms with Crippen molar-refractivity contribution in [2.24, 2.45) is 7.05 Å². The van der Waals surface area contributed by atoms with Gasteiger partial charge in [-0.2, -0.15) is 5.10 Å². The Labute approximate surface area is 107 Å². The zero-order valence-electron chi connectivity index (χ0n) is 11.3. The van der Waals surface area contributed by atoms with E-state index in [1.165, 1.54) is 0 Å². The molecule has 0 radical (unpaired) electrons. The van der Waals surface area contributed by atoms with Gasteiger partial charge in [0.05, 0.1) is 5.69 Å². The van der Waals surface area contributed by atoms with Crippen LogP contribution in [0.3, 0.4) is 0 Å². The molecule has 96 valence electrons. The van der Waals surface area contributed by atoms with Gasteiger partial charge >= 0.3 is 0 Å². The molecule has 0 spiro atoms. The first kappa shape index (κ1) is 12.5. The van der Waals surface area contributed by atoms with Crippen LogP contribution in [-0.2, 0) is 7.05 Å². The first-order valence-electron chi connectivity index (χ1n) is 6.06. The highest BCUT2D eigenvalue weighted by atomic mass is 16.5. The summed E-state index contributed by atoms with van der Waals surface area (Å²) in [6.45, 7) is 6.16. The second kappa shape index (κ2) is 4.72. The first-order chi connectivity index (χ1) is 8.49. The van der Waals surface area contributed by atoms with Gasteiger partial charge in [0, 0.05) is 7.05 Å². The third-order valence-electron chi connectivity index (χ3n) is 2.81. The van der Waals surface area contributed by atoms with Crippen molar-refractivity contribution >= 4 is 5.69 Å². The van der Waals surface area contributed by atoms with E-state index >= 15 is 0 Å². The van der Waals surface area contributed by atoms with Gasteiger partial charge in [0.2, 0.25) is 5.88 Å². The first-order valence-corrected chi connectivity index (χ1v) is 6.06. The zero-order chi connectivity index (χ0) is 13.3. The normalized spacial score (nSPS) is 10.9. The molecule has 4 nitrogen and oxygen atoms in total. The Hall–Kier alpha value is -1.97. The van der Waals surface area contributed by atoms with Gasteiger partial charge in [-0.25, -0.2) is 4.68 Å². The molecular formula is C14H19N3O. The van der Waals surface area contributed by atoms with Crippen LogP contribution in [0.1, 0.15) is 31.0 Å². The number of rotatable bonds is 3. The Balaban J connectivity index is 2.35. The van der Waals surface area contributed by atoms with Gasteiger partial charge in [0.15, 0.2) is 0 Å². The maximum atomic E-state index is 6.08. The molecule has 18 heavy (non-hydrogen) atoms. The van der Waals surface area contributed by atoms with E-state index in [2.05, 4.69) is 18.9 Å². The zero-order valence-corrected chi connectivity index (χ0v) is 11.3. The number of hydrogen-bond donors (Lipinski definition) is 1. The average molecular weight is 245 g/mol. The predicted octanol–water partition coefficient (Wildman–Crippen LogP) is 3.23. The van der Waals surface area contributed by atoms with Crippen LogP contribution in [0.2, 0.25) is 0 Å². The van der Waals surface area contributed by atoms with Crippen LogP contribution in [0, 0.1) is 6.92 Å². The largest absolute Gasteiger partial charge is 0.437 e. The molecule has 0 amide bonds. The summed E-state index contributed by atoms with van der Waals surface area (Å²) in [6, 6.07) is 7.87. The smallest absolute Gasteiger partial charge is 0.241 e. The van der Waals surface area contributed by atoms with E-state index in [1.54, 1.807) is 4.68 Å². The van der Waals surface area contributed by atoms with Crippen LogP contribution in [0.5, 0.6) is 11.6 Å². The molecule has 1 heterocycles. The second-order valence-corrected chi connectivity index (χ2v) is 4.80. The van der Waals surface area contributed by atoms with Gasteiger partial charge in [0.1, 0.15) is 11.4 Å². The number of nitrogens with zero attached hydrogens (tertiary/aromatic N) is 2. The maximum absolute atomic E-state index is 6.08. The van der Waals surface area contributed by atoms with Crippen LogP contribution in [-0.4, -0.2) is 9.78 Å². The lowest BCUT2D eigenvalue weighted by molar-refractivity contribution is 0.432. The average Bonchev–Trinajstić information content (AvgIpc) is 2.57. The van der Waals surface area contributed by atoms with Crippen LogP contribution >= 0.6 is 0 Å². The third-order valence-corrected chi connectivity index (χ3v) is 2.81. The van der Waals surface area contributed by atoms with Crippen molar-refractivity contribution in [2.45, 2.75) is 26.7 Å². The Morgan fingerprint density at radius 2 is 2.06 bits per heavy atom.